The number of fused-ring (bicyclic) bond motifs is 9. The van der Waals surface area contributed by atoms with Crippen molar-refractivity contribution in [2.24, 2.45) is 0 Å². The number of pyridine rings is 1. The number of para-hydroxylation sites is 2. The molecule has 5 aromatic heterocycles. The Bertz CT molecular complexity index is 3160. The van der Waals surface area contributed by atoms with Gasteiger partial charge in [0.05, 0.1) is 5.56 Å². The molecular formula is C44H24N4O2S. The summed E-state index contributed by atoms with van der Waals surface area (Å²) in [7, 11) is 0. The van der Waals surface area contributed by atoms with Crippen LogP contribution in [0.3, 0.4) is 0 Å². The molecule has 0 saturated heterocycles. The van der Waals surface area contributed by atoms with Crippen LogP contribution in [-0.4, -0.2) is 19.9 Å². The smallest absolute Gasteiger partial charge is 0.167 e. The van der Waals surface area contributed by atoms with E-state index in [2.05, 4.69) is 83.8 Å². The zero-order valence-corrected chi connectivity index (χ0v) is 27.7. The number of hydrogen-bond acceptors (Lipinski definition) is 7. The molecule has 0 fully saturated rings. The fourth-order valence-corrected chi connectivity index (χ4v) is 8.47. The first-order valence-corrected chi connectivity index (χ1v) is 17.5. The third-order valence-corrected chi connectivity index (χ3v) is 10.8. The van der Waals surface area contributed by atoms with E-state index in [0.717, 1.165) is 66.1 Å². The summed E-state index contributed by atoms with van der Waals surface area (Å²) in [5, 5.41) is 6.69. The number of thiophene rings is 1. The highest BCUT2D eigenvalue weighted by molar-refractivity contribution is 7.25. The monoisotopic (exact) mass is 672 g/mol. The summed E-state index contributed by atoms with van der Waals surface area (Å²) in [5.74, 6) is 1.57. The van der Waals surface area contributed by atoms with E-state index < -0.39 is 0 Å². The van der Waals surface area contributed by atoms with E-state index in [4.69, 9.17) is 23.8 Å². The molecular weight excluding hydrogens is 649 g/mol. The van der Waals surface area contributed by atoms with E-state index in [9.17, 15) is 0 Å². The molecule has 0 unspecified atom stereocenters. The molecule has 11 aromatic rings. The van der Waals surface area contributed by atoms with Gasteiger partial charge in [0, 0.05) is 65.2 Å². The number of aromatic nitrogens is 4. The van der Waals surface area contributed by atoms with E-state index in [1.54, 1.807) is 12.4 Å². The average molecular weight is 673 g/mol. The van der Waals surface area contributed by atoms with Crippen LogP contribution in [0.1, 0.15) is 0 Å². The zero-order valence-electron chi connectivity index (χ0n) is 26.9. The molecule has 0 aliphatic carbocycles. The van der Waals surface area contributed by atoms with Crippen molar-refractivity contribution in [3.63, 3.8) is 0 Å². The molecule has 11 rings (SSSR count). The molecule has 0 spiro atoms. The second kappa shape index (κ2) is 10.9. The van der Waals surface area contributed by atoms with Gasteiger partial charge in [0.2, 0.25) is 0 Å². The molecule has 5 heterocycles. The molecule has 0 saturated carbocycles. The van der Waals surface area contributed by atoms with Crippen LogP contribution in [0.2, 0.25) is 0 Å². The normalized spacial score (nSPS) is 11.9. The minimum Gasteiger partial charge on any atom is -0.456 e. The van der Waals surface area contributed by atoms with Gasteiger partial charge in [0.15, 0.2) is 17.5 Å². The molecule has 6 nitrogen and oxygen atoms in total. The molecule has 0 aliphatic heterocycles. The lowest BCUT2D eigenvalue weighted by Gasteiger charge is -2.11. The predicted octanol–water partition coefficient (Wildman–Crippen LogP) is 12.1. The molecule has 0 bridgehead atoms. The quantitative estimate of drug-likeness (QED) is 0.185. The van der Waals surface area contributed by atoms with Gasteiger partial charge in [-0.05, 0) is 65.7 Å². The number of hydrogen-bond donors (Lipinski definition) is 0. The Morgan fingerprint density at radius 2 is 1.12 bits per heavy atom. The topological polar surface area (TPSA) is 77.8 Å². The van der Waals surface area contributed by atoms with Crippen LogP contribution in [0.4, 0.5) is 0 Å². The number of rotatable bonds is 4. The highest BCUT2D eigenvalue weighted by Gasteiger charge is 2.22. The summed E-state index contributed by atoms with van der Waals surface area (Å²) >= 11 is 1.82. The van der Waals surface area contributed by atoms with Gasteiger partial charge >= 0.3 is 0 Å². The number of benzene rings is 6. The lowest BCUT2D eigenvalue weighted by Crippen LogP contribution is -2.00. The molecule has 0 N–H and O–H groups in total. The van der Waals surface area contributed by atoms with Gasteiger partial charge in [-0.3, -0.25) is 4.98 Å². The van der Waals surface area contributed by atoms with Crippen molar-refractivity contribution in [2.75, 3.05) is 0 Å². The molecule has 51 heavy (non-hydrogen) atoms. The Balaban J connectivity index is 1.17. The van der Waals surface area contributed by atoms with Gasteiger partial charge in [-0.2, -0.15) is 0 Å². The highest BCUT2D eigenvalue weighted by atomic mass is 32.1. The maximum absolute atomic E-state index is 6.74. The maximum Gasteiger partial charge on any atom is 0.167 e. The highest BCUT2D eigenvalue weighted by Crippen LogP contribution is 2.46. The first kappa shape index (κ1) is 28.2. The van der Waals surface area contributed by atoms with Crippen molar-refractivity contribution >= 4 is 75.4 Å². The van der Waals surface area contributed by atoms with Crippen LogP contribution in [-0.2, 0) is 0 Å². The molecule has 238 valence electrons. The predicted molar refractivity (Wildman–Crippen MR) is 207 cm³/mol. The van der Waals surface area contributed by atoms with Gasteiger partial charge in [-0.15, -0.1) is 11.3 Å². The molecule has 0 atom stereocenters. The molecule has 6 aromatic carbocycles. The van der Waals surface area contributed by atoms with Gasteiger partial charge in [-0.25, -0.2) is 15.0 Å². The van der Waals surface area contributed by atoms with E-state index >= 15 is 0 Å². The minimum atomic E-state index is 0.512. The number of nitrogens with zero attached hydrogens (tertiary/aromatic N) is 4. The molecule has 0 aliphatic rings. The van der Waals surface area contributed by atoms with Crippen LogP contribution in [0, 0.1) is 0 Å². The summed E-state index contributed by atoms with van der Waals surface area (Å²) in [6, 6.07) is 45.7. The summed E-state index contributed by atoms with van der Waals surface area (Å²) in [4.78, 5) is 19.5. The largest absolute Gasteiger partial charge is 0.456 e. The van der Waals surface area contributed by atoms with Crippen LogP contribution >= 0.6 is 11.3 Å². The van der Waals surface area contributed by atoms with Crippen LogP contribution in [0.5, 0.6) is 0 Å². The number of furan rings is 2. The average Bonchev–Trinajstić information content (AvgIpc) is 3.89. The second-order valence-corrected chi connectivity index (χ2v) is 13.7. The SMILES string of the molecule is c1cncc(-c2nc(-c3ccc4c(c3)oc3ccccc34)nc(-c3ccc(-c4cccc5sc6ccccc6c45)c4c3oc3ccccc34)n2)c1. The van der Waals surface area contributed by atoms with Crippen molar-refractivity contribution in [3.8, 4) is 45.3 Å². The first-order valence-electron chi connectivity index (χ1n) is 16.7. The fourth-order valence-electron chi connectivity index (χ4n) is 7.34. The third-order valence-electron chi connectivity index (χ3n) is 9.65. The van der Waals surface area contributed by atoms with E-state index in [0.29, 0.717) is 17.5 Å². The van der Waals surface area contributed by atoms with Crippen LogP contribution in [0.15, 0.2) is 155 Å². The Morgan fingerprint density at radius 3 is 1.98 bits per heavy atom. The summed E-state index contributed by atoms with van der Waals surface area (Å²) in [6.45, 7) is 0. The molecule has 7 heteroatoms. The minimum absolute atomic E-state index is 0.512. The third kappa shape index (κ3) is 4.35. The maximum atomic E-state index is 6.74. The van der Waals surface area contributed by atoms with Gasteiger partial charge in [-0.1, -0.05) is 78.9 Å². The summed E-state index contributed by atoms with van der Waals surface area (Å²) < 4.78 is 15.5. The van der Waals surface area contributed by atoms with E-state index in [1.807, 2.05) is 65.9 Å². The van der Waals surface area contributed by atoms with Crippen molar-refractivity contribution in [2.45, 2.75) is 0 Å². The van der Waals surface area contributed by atoms with Gasteiger partial charge < -0.3 is 8.83 Å². The summed E-state index contributed by atoms with van der Waals surface area (Å²) in [6.07, 6.45) is 3.52. The van der Waals surface area contributed by atoms with Crippen molar-refractivity contribution in [1.29, 1.82) is 0 Å². The summed E-state index contributed by atoms with van der Waals surface area (Å²) in [5.41, 5.74) is 7.82. The van der Waals surface area contributed by atoms with Crippen molar-refractivity contribution in [3.05, 3.63) is 146 Å². The van der Waals surface area contributed by atoms with E-state index in [-0.39, 0.29) is 0 Å². The first-order chi connectivity index (χ1) is 25.3. The Labute approximate surface area is 294 Å². The molecule has 0 amide bonds. The van der Waals surface area contributed by atoms with Crippen LogP contribution in [0.25, 0.3) is 109 Å². The fraction of sp³-hybridized carbons (Fsp3) is 0. The van der Waals surface area contributed by atoms with Crippen molar-refractivity contribution in [1.82, 2.24) is 19.9 Å². The zero-order chi connectivity index (χ0) is 33.5. The van der Waals surface area contributed by atoms with Gasteiger partial charge in [0.1, 0.15) is 22.3 Å². The molecule has 0 radical (unpaired) electrons. The lowest BCUT2D eigenvalue weighted by atomic mass is 9.94. The van der Waals surface area contributed by atoms with E-state index in [1.165, 1.54) is 25.7 Å². The van der Waals surface area contributed by atoms with Crippen molar-refractivity contribution < 1.29 is 8.83 Å². The van der Waals surface area contributed by atoms with Crippen LogP contribution < -0.4 is 0 Å². The Kier molecular flexibility index (Phi) is 6.02. The Hall–Kier alpha value is -6.70. The standard InChI is InChI=1S/C44H24N4O2S/c1-4-14-34-27(10-1)28-19-18-25(23-36(28)49-34)42-46-43(26-9-8-22-45-24-26)48-44(47-42)33-21-20-30(40-31-11-2-5-15-35(31)50-41(33)40)29-13-7-17-38-39(29)32-12-3-6-16-37(32)51-38/h1-24H. The second-order valence-electron chi connectivity index (χ2n) is 12.6. The Morgan fingerprint density at radius 1 is 0.431 bits per heavy atom. The van der Waals surface area contributed by atoms with Gasteiger partial charge in [0.25, 0.3) is 0 Å². The lowest BCUT2D eigenvalue weighted by molar-refractivity contribution is 0.668.